The largest absolute Gasteiger partial charge is 0 e. The number of nitrogens with two attached hydrogens (primary N) is 1. The third-order valence-corrected chi connectivity index (χ3v) is 6.78. The molecular formula is C47H67Cl2N5O6Zn2. The zero-order chi connectivity index (χ0) is 44.9. The van der Waals surface area contributed by atoms with Crippen LogP contribution in [0.25, 0.3) is 0 Å². The van der Waals surface area contributed by atoms with E-state index in [2.05, 4.69) is 67.0 Å². The third kappa shape index (κ3) is 40.8. The Hall–Kier alpha value is -4.57. The van der Waals surface area contributed by atoms with Crippen LogP contribution in [-0.4, -0.2) is 102 Å². The minimum atomic E-state index is -0.931. The third-order valence-electron chi connectivity index (χ3n) is 6.78. The van der Waals surface area contributed by atoms with Crippen molar-refractivity contribution in [2.45, 2.75) is 28.2 Å². The number of phenolic OH excluding ortho intramolecular Hbond substituents is 4. The molecule has 4 rings (SSSR count). The van der Waals surface area contributed by atoms with Crippen LogP contribution in [0.5, 0.6) is 23.0 Å². The van der Waals surface area contributed by atoms with Crippen molar-refractivity contribution < 1.29 is 65.3 Å². The molecule has 4 aromatic carbocycles. The van der Waals surface area contributed by atoms with E-state index in [1.54, 1.807) is 97.5 Å². The average molecular weight is 1000 g/mol. The zero-order valence-electron chi connectivity index (χ0n) is 35.9. The van der Waals surface area contributed by atoms with Crippen molar-refractivity contribution in [1.29, 1.82) is 0 Å². The van der Waals surface area contributed by atoms with Crippen LogP contribution in [0.15, 0.2) is 163 Å². The molecule has 0 unspecified atom stereocenters. The number of benzene rings is 4. The van der Waals surface area contributed by atoms with Crippen LogP contribution in [0, 0.1) is 0 Å². The van der Waals surface area contributed by atoms with Gasteiger partial charge < -0.3 is 36.5 Å². The van der Waals surface area contributed by atoms with Gasteiger partial charge in [-0.05, 0) is 68.2 Å². The second-order valence-corrected chi connectivity index (χ2v) is 15.6. The van der Waals surface area contributed by atoms with Crippen LogP contribution in [-0.2, 0) is 34.6 Å². The summed E-state index contributed by atoms with van der Waals surface area (Å²) in [5.41, 5.74) is 7.45. The second-order valence-electron chi connectivity index (χ2n) is 10.9. The van der Waals surface area contributed by atoms with Crippen LogP contribution in [0.2, 0.25) is 0 Å². The number of rotatable bonds is 14. The number of hydrogen-bond acceptors (Lipinski definition) is 10. The van der Waals surface area contributed by atoms with Crippen molar-refractivity contribution in [3.63, 3.8) is 0 Å². The Kier molecular flexibility index (Phi) is 58.6. The molecule has 11 nitrogen and oxygen atoms in total. The minimum absolute atomic E-state index is 0. The molecule has 0 fully saturated rings. The Morgan fingerprint density at radius 3 is 0.935 bits per heavy atom. The van der Waals surface area contributed by atoms with Gasteiger partial charge in [-0.3, -0.25) is 19.8 Å². The molecule has 0 aliphatic heterocycles. The molecular weight excluding hydrogens is 932 g/mol. The summed E-state index contributed by atoms with van der Waals surface area (Å²) >= 11 is -0.931. The number of carbonyl (C=O) groups is 1. The molecule has 0 amide bonds. The van der Waals surface area contributed by atoms with Gasteiger partial charge in [-0.15, -0.1) is 26.3 Å². The number of aliphatic imine (C=N–C) groups is 3. The molecule has 0 radical (unpaired) electrons. The van der Waals surface area contributed by atoms with Gasteiger partial charge in [0.1, 0.15) is 23.0 Å². The predicted molar refractivity (Wildman–Crippen MR) is 261 cm³/mol. The normalized spacial score (nSPS) is 9.02. The van der Waals surface area contributed by atoms with Crippen molar-refractivity contribution in [3.8, 4) is 23.0 Å². The van der Waals surface area contributed by atoms with Gasteiger partial charge in [-0.1, -0.05) is 101 Å². The van der Waals surface area contributed by atoms with Crippen LogP contribution in [0.1, 0.15) is 55.2 Å². The van der Waals surface area contributed by atoms with E-state index in [1.807, 2.05) is 36.4 Å². The Balaban J connectivity index is -0.000000152. The predicted octanol–water partition coefficient (Wildman–Crippen LogP) is 9.86. The summed E-state index contributed by atoms with van der Waals surface area (Å²) in [4.78, 5) is 24.5. The van der Waals surface area contributed by atoms with E-state index in [4.69, 9.17) is 30.2 Å². The summed E-state index contributed by atoms with van der Waals surface area (Å²) in [6.07, 6.45) is 12.3. The number of hydrogen-bond donors (Lipinski definition) is 5. The number of halogens is 2. The van der Waals surface area contributed by atoms with E-state index >= 15 is 0 Å². The van der Waals surface area contributed by atoms with Crippen LogP contribution < -0.4 is 5.73 Å². The maximum Gasteiger partial charge on any atom is 0 e. The molecule has 0 aliphatic carbocycles. The Bertz CT molecular complexity index is 1630. The fourth-order valence-corrected chi connectivity index (χ4v) is 3.72. The molecule has 4 aromatic rings. The van der Waals surface area contributed by atoms with Crippen molar-refractivity contribution in [1.82, 2.24) is 4.90 Å². The van der Waals surface area contributed by atoms with Gasteiger partial charge in [-0.2, -0.15) is 0 Å². The Morgan fingerprint density at radius 2 is 0.790 bits per heavy atom. The van der Waals surface area contributed by atoms with Crippen molar-refractivity contribution >= 4 is 44.3 Å². The first kappa shape index (κ1) is 69.1. The van der Waals surface area contributed by atoms with Gasteiger partial charge in [0.05, 0.1) is 25.2 Å². The fourth-order valence-electron chi connectivity index (χ4n) is 3.72. The number of carbonyl (C=O) groups excluding carboxylic acids is 1. The molecule has 0 saturated carbocycles. The average Bonchev–Trinajstić information content (AvgIpc) is 3.25. The number of phenols is 4. The SMILES string of the molecule is C.C=CCN.C=CCN=Cc1ccccc1O.C=CCN=Cc1ccccc1O.C=CCN=Cc1ccccc1O.CCN(CC)CC.O.O=Cc1ccccc1O.[Cl][Zn][Cl].[Zn]. The standard InChI is InChI=1S/3C10H11NO.C7H6O2.C6H15N.C3H7N.CH4.2ClH.H2O.2Zn/c3*1-2-7-11-8-9-5-3-4-6-10(9)12;8-5-6-3-1-2-4-7(6)9;1-4-7(5-2)6-3;1-2-3-4;;;;;;/h3*2-6,8,12H,1,7H2;1-5,9H;4-6H2,1-3H3;2H,1,3-4H2;1H4;2*1H;1H2;;/q;;;;;;;;;;;+2/p-2. The molecule has 0 atom stereocenters. The van der Waals surface area contributed by atoms with Crippen LogP contribution >= 0.6 is 19.4 Å². The molecule has 62 heavy (non-hydrogen) atoms. The van der Waals surface area contributed by atoms with Crippen molar-refractivity contribution in [2.24, 2.45) is 20.7 Å². The number of aldehydes is 1. The first-order valence-corrected chi connectivity index (χ1v) is 26.4. The summed E-state index contributed by atoms with van der Waals surface area (Å²) in [5.74, 6) is 0.799. The van der Waals surface area contributed by atoms with Gasteiger partial charge in [0.2, 0.25) is 0 Å². The summed E-state index contributed by atoms with van der Waals surface area (Å²) < 4.78 is 0. The molecule has 0 heterocycles. The Labute approximate surface area is 399 Å². The first-order chi connectivity index (χ1) is 28.5. The van der Waals surface area contributed by atoms with Crippen LogP contribution in [0.3, 0.4) is 0 Å². The van der Waals surface area contributed by atoms with Gasteiger partial charge in [0, 0.05) is 61.4 Å². The summed E-state index contributed by atoms with van der Waals surface area (Å²) in [7, 11) is 9.90. The van der Waals surface area contributed by atoms with Crippen molar-refractivity contribution in [3.05, 3.63) is 170 Å². The van der Waals surface area contributed by atoms with E-state index in [-0.39, 0.29) is 55.4 Å². The van der Waals surface area contributed by atoms with Gasteiger partial charge in [0.15, 0.2) is 6.29 Å². The van der Waals surface area contributed by atoms with Gasteiger partial charge >= 0.3 is 34.5 Å². The molecule has 0 aliphatic rings. The molecule has 0 saturated heterocycles. The van der Waals surface area contributed by atoms with Crippen molar-refractivity contribution in [2.75, 3.05) is 45.8 Å². The minimum Gasteiger partial charge on any atom is 0 e. The monoisotopic (exact) mass is 995 g/mol. The Morgan fingerprint density at radius 1 is 0.565 bits per heavy atom. The number of aromatic hydroxyl groups is 4. The molecule has 0 aromatic heterocycles. The molecule has 15 heteroatoms. The van der Waals surface area contributed by atoms with E-state index < -0.39 is 15.1 Å². The molecule has 8 N–H and O–H groups in total. The van der Waals surface area contributed by atoms with Gasteiger partial charge in [0.25, 0.3) is 0 Å². The van der Waals surface area contributed by atoms with Gasteiger partial charge in [-0.25, -0.2) is 0 Å². The summed E-state index contributed by atoms with van der Waals surface area (Å²) in [6.45, 7) is 26.4. The summed E-state index contributed by atoms with van der Waals surface area (Å²) in [6, 6.07) is 27.6. The van der Waals surface area contributed by atoms with E-state index in [1.165, 1.54) is 25.7 Å². The maximum absolute atomic E-state index is 10.1. The number of para-hydroxylation sites is 4. The molecule has 0 bridgehead atoms. The number of nitrogens with zero attached hydrogens (tertiary/aromatic N) is 4. The smallest absolute Gasteiger partial charge is 0 e. The van der Waals surface area contributed by atoms with E-state index in [9.17, 15) is 20.1 Å². The quantitative estimate of drug-likeness (QED) is 0.0359. The fraction of sp³-hybridized carbons (Fsp3) is 0.234. The molecule has 334 valence electrons. The van der Waals surface area contributed by atoms with E-state index in [0.717, 1.165) is 16.7 Å². The first-order valence-electron chi connectivity index (χ1n) is 18.6. The van der Waals surface area contributed by atoms with Crippen LogP contribution in [0.4, 0.5) is 0 Å². The maximum atomic E-state index is 10.1. The topological polar surface area (TPSA) is 196 Å². The second kappa shape index (κ2) is 52.6. The summed E-state index contributed by atoms with van der Waals surface area (Å²) in [5, 5.41) is 36.8. The zero-order valence-corrected chi connectivity index (χ0v) is 43.3. The molecule has 0 spiro atoms. The van der Waals surface area contributed by atoms with E-state index in [0.29, 0.717) is 38.0 Å².